The second kappa shape index (κ2) is 5.51. The second-order valence-electron chi connectivity index (χ2n) is 6.64. The molecule has 0 aromatic carbocycles. The van der Waals surface area contributed by atoms with Crippen molar-refractivity contribution >= 4 is 29.2 Å². The van der Waals surface area contributed by atoms with Crippen molar-refractivity contribution in [3.05, 3.63) is 35.8 Å². The highest BCUT2D eigenvalue weighted by Gasteiger charge is 2.52. The molecule has 2 atom stereocenters. The molecule has 0 aliphatic carbocycles. The average Bonchev–Trinajstić information content (AvgIpc) is 3.20. The van der Waals surface area contributed by atoms with Crippen molar-refractivity contribution < 1.29 is 9.59 Å². The van der Waals surface area contributed by atoms with Gasteiger partial charge in [-0.25, -0.2) is 4.98 Å². The Kier molecular flexibility index (Phi) is 3.56. The number of aryl methyl sites for hydroxylation is 1. The monoisotopic (exact) mass is 344 g/mol. The fraction of sp³-hybridized carbons (Fsp3) is 0.471. The van der Waals surface area contributed by atoms with Crippen molar-refractivity contribution in [2.45, 2.75) is 44.1 Å². The zero-order valence-corrected chi connectivity index (χ0v) is 14.6. The Balaban J connectivity index is 1.46. The third-order valence-corrected chi connectivity index (χ3v) is 6.42. The third kappa shape index (κ3) is 2.38. The summed E-state index contributed by atoms with van der Waals surface area (Å²) in [5, 5.41) is 2.95. The van der Waals surface area contributed by atoms with Crippen LogP contribution < -0.4 is 5.32 Å². The van der Waals surface area contributed by atoms with E-state index in [1.165, 1.54) is 0 Å². The molecular formula is C17H20N4O2S. The number of nitrogens with zero attached hydrogens (tertiary/aromatic N) is 3. The van der Waals surface area contributed by atoms with Crippen LogP contribution in [0.5, 0.6) is 0 Å². The topological polar surface area (TPSA) is 66.7 Å². The lowest BCUT2D eigenvalue weighted by Crippen LogP contribution is -2.49. The molecule has 7 heteroatoms. The molecule has 0 unspecified atom stereocenters. The number of aromatic nitrogens is 2. The summed E-state index contributed by atoms with van der Waals surface area (Å²) in [5.41, 5.74) is 2.82. The van der Waals surface area contributed by atoms with Gasteiger partial charge in [-0.15, -0.1) is 11.8 Å². The Morgan fingerprint density at radius 3 is 3.17 bits per heavy atom. The van der Waals surface area contributed by atoms with E-state index in [4.69, 9.17) is 0 Å². The standard InChI is InChI=1S/C17H20N4O2S/c1-11-4-3-7-20-9-12(19-15(11)20)8-18-16(23)13-10-24-17(2)6-5-14(22)21(13)17/h3-4,7,9,13H,5-6,8,10H2,1-2H3,(H,18,23)/t13-,17+/m1/s1. The Morgan fingerprint density at radius 1 is 1.54 bits per heavy atom. The van der Waals surface area contributed by atoms with Gasteiger partial charge in [-0.05, 0) is 31.9 Å². The lowest BCUT2D eigenvalue weighted by atomic mass is 10.2. The van der Waals surface area contributed by atoms with E-state index in [0.29, 0.717) is 18.7 Å². The SMILES string of the molecule is Cc1cccn2cc(CNC(=O)[C@H]3CS[C@@]4(C)CCC(=O)N34)nc12. The fourth-order valence-corrected chi connectivity index (χ4v) is 5.03. The molecule has 24 heavy (non-hydrogen) atoms. The minimum Gasteiger partial charge on any atom is -0.349 e. The smallest absolute Gasteiger partial charge is 0.244 e. The van der Waals surface area contributed by atoms with Crippen LogP contribution in [-0.2, 0) is 16.1 Å². The van der Waals surface area contributed by atoms with Gasteiger partial charge in [-0.3, -0.25) is 9.59 Å². The average molecular weight is 344 g/mol. The number of fused-ring (bicyclic) bond motifs is 2. The quantitative estimate of drug-likeness (QED) is 0.921. The zero-order chi connectivity index (χ0) is 16.9. The summed E-state index contributed by atoms with van der Waals surface area (Å²) >= 11 is 1.71. The van der Waals surface area contributed by atoms with Crippen molar-refractivity contribution in [1.82, 2.24) is 19.6 Å². The van der Waals surface area contributed by atoms with Crippen LogP contribution in [0.1, 0.15) is 31.0 Å². The van der Waals surface area contributed by atoms with Crippen molar-refractivity contribution in [3.8, 4) is 0 Å². The van der Waals surface area contributed by atoms with Crippen LogP contribution in [0.4, 0.5) is 0 Å². The van der Waals surface area contributed by atoms with Crippen LogP contribution in [0, 0.1) is 6.92 Å². The van der Waals surface area contributed by atoms with E-state index in [0.717, 1.165) is 23.3 Å². The predicted octanol–water partition coefficient (Wildman–Crippen LogP) is 1.71. The molecule has 0 saturated carbocycles. The first-order valence-corrected chi connectivity index (χ1v) is 9.13. The van der Waals surface area contributed by atoms with Gasteiger partial charge in [-0.1, -0.05) is 6.07 Å². The highest BCUT2D eigenvalue weighted by atomic mass is 32.2. The predicted molar refractivity (Wildman–Crippen MR) is 92.5 cm³/mol. The minimum atomic E-state index is -0.367. The van der Waals surface area contributed by atoms with Crippen molar-refractivity contribution in [2.24, 2.45) is 0 Å². The second-order valence-corrected chi connectivity index (χ2v) is 8.14. The number of rotatable bonds is 3. The van der Waals surface area contributed by atoms with E-state index in [2.05, 4.69) is 17.2 Å². The number of carbonyl (C=O) groups is 2. The van der Waals surface area contributed by atoms with Gasteiger partial charge < -0.3 is 14.6 Å². The molecule has 1 N–H and O–H groups in total. The van der Waals surface area contributed by atoms with E-state index in [1.54, 1.807) is 16.7 Å². The van der Waals surface area contributed by atoms with E-state index >= 15 is 0 Å². The molecule has 2 fully saturated rings. The van der Waals surface area contributed by atoms with E-state index in [9.17, 15) is 9.59 Å². The van der Waals surface area contributed by atoms with Gasteiger partial charge in [0.1, 0.15) is 11.7 Å². The van der Waals surface area contributed by atoms with E-state index in [1.807, 2.05) is 35.9 Å². The van der Waals surface area contributed by atoms with Crippen LogP contribution >= 0.6 is 11.8 Å². The van der Waals surface area contributed by atoms with Gasteiger partial charge in [0, 0.05) is 24.6 Å². The molecule has 0 spiro atoms. The molecule has 0 radical (unpaired) electrons. The highest BCUT2D eigenvalue weighted by molar-refractivity contribution is 8.01. The Morgan fingerprint density at radius 2 is 2.38 bits per heavy atom. The van der Waals surface area contributed by atoms with Crippen LogP contribution in [0.3, 0.4) is 0 Å². The first-order valence-electron chi connectivity index (χ1n) is 8.15. The highest BCUT2D eigenvalue weighted by Crippen LogP contribution is 2.47. The van der Waals surface area contributed by atoms with E-state index in [-0.39, 0.29) is 22.7 Å². The Hall–Kier alpha value is -2.02. The Bertz CT molecular complexity index is 833. The van der Waals surface area contributed by atoms with Gasteiger partial charge in [0.15, 0.2) is 0 Å². The van der Waals surface area contributed by atoms with Gasteiger partial charge in [0.05, 0.1) is 17.1 Å². The first-order chi connectivity index (χ1) is 11.5. The summed E-state index contributed by atoms with van der Waals surface area (Å²) in [6.45, 7) is 4.45. The maximum Gasteiger partial charge on any atom is 0.244 e. The lowest BCUT2D eigenvalue weighted by Gasteiger charge is -2.29. The lowest BCUT2D eigenvalue weighted by molar-refractivity contribution is -0.138. The van der Waals surface area contributed by atoms with Gasteiger partial charge >= 0.3 is 0 Å². The van der Waals surface area contributed by atoms with Gasteiger partial charge in [-0.2, -0.15) is 0 Å². The zero-order valence-electron chi connectivity index (χ0n) is 13.8. The number of nitrogens with one attached hydrogen (secondary N) is 1. The molecular weight excluding hydrogens is 324 g/mol. The van der Waals surface area contributed by atoms with Crippen LogP contribution in [0.2, 0.25) is 0 Å². The molecule has 2 aliphatic rings. The summed E-state index contributed by atoms with van der Waals surface area (Å²) < 4.78 is 1.96. The normalized spacial score (nSPS) is 26.2. The molecule has 4 rings (SSSR count). The first kappa shape index (κ1) is 15.5. The Labute approximate surface area is 144 Å². The molecule has 2 aliphatic heterocycles. The van der Waals surface area contributed by atoms with E-state index < -0.39 is 0 Å². The molecule has 2 saturated heterocycles. The van der Waals surface area contributed by atoms with Crippen LogP contribution in [-0.4, -0.2) is 42.8 Å². The fourth-order valence-electron chi connectivity index (χ4n) is 3.60. The maximum absolute atomic E-state index is 12.6. The molecule has 2 aromatic rings. The number of carbonyl (C=O) groups excluding carboxylic acids is 2. The van der Waals surface area contributed by atoms with Crippen molar-refractivity contribution in [2.75, 3.05) is 5.75 Å². The number of thioether (sulfide) groups is 1. The molecule has 0 bridgehead atoms. The summed E-state index contributed by atoms with van der Waals surface area (Å²) in [6, 6.07) is 3.62. The molecule has 4 heterocycles. The minimum absolute atomic E-state index is 0.0877. The van der Waals surface area contributed by atoms with Gasteiger partial charge in [0.25, 0.3) is 0 Å². The summed E-state index contributed by atoms with van der Waals surface area (Å²) in [7, 11) is 0. The maximum atomic E-state index is 12.6. The molecule has 2 aromatic heterocycles. The van der Waals surface area contributed by atoms with Crippen LogP contribution in [0.15, 0.2) is 24.5 Å². The summed E-state index contributed by atoms with van der Waals surface area (Å²) in [4.78, 5) is 30.8. The number of amides is 2. The van der Waals surface area contributed by atoms with Crippen molar-refractivity contribution in [1.29, 1.82) is 0 Å². The number of pyridine rings is 1. The van der Waals surface area contributed by atoms with Gasteiger partial charge in [0.2, 0.25) is 11.8 Å². The number of imidazole rings is 1. The molecule has 126 valence electrons. The summed E-state index contributed by atoms with van der Waals surface area (Å²) in [5.74, 6) is 0.666. The molecule has 6 nitrogen and oxygen atoms in total. The summed E-state index contributed by atoms with van der Waals surface area (Å²) in [6.07, 6.45) is 5.24. The van der Waals surface area contributed by atoms with Crippen molar-refractivity contribution in [3.63, 3.8) is 0 Å². The molecule has 2 amide bonds. The largest absolute Gasteiger partial charge is 0.349 e. The number of hydrogen-bond donors (Lipinski definition) is 1. The van der Waals surface area contributed by atoms with Crippen LogP contribution in [0.25, 0.3) is 5.65 Å². The number of hydrogen-bond acceptors (Lipinski definition) is 4. The third-order valence-electron chi connectivity index (χ3n) is 4.92.